The molecule has 2 aliphatic heterocycles. The molecule has 20 heavy (non-hydrogen) atoms. The minimum absolute atomic E-state index is 0.300. The molecule has 1 atom stereocenters. The molecule has 1 aromatic carbocycles. The summed E-state index contributed by atoms with van der Waals surface area (Å²) in [6, 6.07) is 6.40. The maximum absolute atomic E-state index is 11.8. The summed E-state index contributed by atoms with van der Waals surface area (Å²) in [5.74, 6) is 0.300. The van der Waals surface area contributed by atoms with Crippen LogP contribution in [0.3, 0.4) is 0 Å². The van der Waals surface area contributed by atoms with Gasteiger partial charge in [0.2, 0.25) is 5.91 Å². The Balaban J connectivity index is 1.91. The third kappa shape index (κ3) is 2.16. The molecule has 0 radical (unpaired) electrons. The molecule has 2 heterocycles. The standard InChI is InChI=1S/C15H19N3OS/c1-10-3-2-4-12(15(16)20)14(10)17-7-8-18-11(9-17)5-6-13(18)19/h2-4,11H,5-9H2,1H3,(H2,16,20). The van der Waals surface area contributed by atoms with E-state index in [9.17, 15) is 4.79 Å². The first kappa shape index (κ1) is 13.4. The van der Waals surface area contributed by atoms with Gasteiger partial charge in [-0.05, 0) is 25.0 Å². The summed E-state index contributed by atoms with van der Waals surface area (Å²) < 4.78 is 0. The number of carbonyl (C=O) groups is 1. The topological polar surface area (TPSA) is 49.6 Å². The van der Waals surface area contributed by atoms with Crippen LogP contribution in [0.5, 0.6) is 0 Å². The molecule has 1 unspecified atom stereocenters. The summed E-state index contributed by atoms with van der Waals surface area (Å²) in [7, 11) is 0. The van der Waals surface area contributed by atoms with E-state index in [0.29, 0.717) is 23.4 Å². The van der Waals surface area contributed by atoms with E-state index in [1.807, 2.05) is 17.0 Å². The number of para-hydroxylation sites is 1. The van der Waals surface area contributed by atoms with Gasteiger partial charge in [0.15, 0.2) is 0 Å². The van der Waals surface area contributed by atoms with Gasteiger partial charge in [-0.15, -0.1) is 0 Å². The highest BCUT2D eigenvalue weighted by Crippen LogP contribution is 2.30. The zero-order valence-corrected chi connectivity index (χ0v) is 12.4. The number of hydrogen-bond donors (Lipinski definition) is 1. The number of amides is 1. The van der Waals surface area contributed by atoms with Crippen molar-refractivity contribution in [1.29, 1.82) is 0 Å². The molecule has 0 saturated carbocycles. The van der Waals surface area contributed by atoms with Crippen molar-refractivity contribution in [3.05, 3.63) is 29.3 Å². The van der Waals surface area contributed by atoms with Crippen molar-refractivity contribution in [1.82, 2.24) is 4.90 Å². The van der Waals surface area contributed by atoms with Crippen molar-refractivity contribution in [3.63, 3.8) is 0 Å². The third-order valence-corrected chi connectivity index (χ3v) is 4.53. The van der Waals surface area contributed by atoms with Crippen LogP contribution in [-0.4, -0.2) is 41.5 Å². The van der Waals surface area contributed by atoms with Crippen molar-refractivity contribution < 1.29 is 4.79 Å². The van der Waals surface area contributed by atoms with Crippen molar-refractivity contribution in [2.24, 2.45) is 5.73 Å². The molecule has 4 nitrogen and oxygen atoms in total. The quantitative estimate of drug-likeness (QED) is 0.837. The fourth-order valence-corrected chi connectivity index (χ4v) is 3.51. The van der Waals surface area contributed by atoms with E-state index >= 15 is 0 Å². The summed E-state index contributed by atoms with van der Waals surface area (Å²) in [4.78, 5) is 16.6. The molecular weight excluding hydrogens is 270 g/mol. The lowest BCUT2D eigenvalue weighted by Crippen LogP contribution is -2.52. The van der Waals surface area contributed by atoms with Crippen LogP contribution in [0.15, 0.2) is 18.2 Å². The zero-order valence-electron chi connectivity index (χ0n) is 11.6. The zero-order chi connectivity index (χ0) is 14.3. The first-order valence-electron chi connectivity index (χ1n) is 7.02. The molecule has 1 aromatic rings. The monoisotopic (exact) mass is 289 g/mol. The number of carbonyl (C=O) groups excluding carboxylic acids is 1. The van der Waals surface area contributed by atoms with Gasteiger partial charge in [-0.3, -0.25) is 4.79 Å². The first-order chi connectivity index (χ1) is 9.58. The highest BCUT2D eigenvalue weighted by atomic mass is 32.1. The minimum atomic E-state index is 0.300. The number of hydrogen-bond acceptors (Lipinski definition) is 3. The summed E-state index contributed by atoms with van der Waals surface area (Å²) in [5.41, 5.74) is 9.13. The molecule has 3 rings (SSSR count). The average Bonchev–Trinajstić information content (AvgIpc) is 2.79. The lowest BCUT2D eigenvalue weighted by molar-refractivity contribution is -0.129. The smallest absolute Gasteiger partial charge is 0.223 e. The fourth-order valence-electron chi connectivity index (χ4n) is 3.35. The van der Waals surface area contributed by atoms with Gasteiger partial charge in [-0.2, -0.15) is 0 Å². The Bertz CT molecular complexity index is 572. The second-order valence-electron chi connectivity index (χ2n) is 5.56. The number of fused-ring (bicyclic) bond motifs is 1. The molecule has 2 N–H and O–H groups in total. The number of nitrogens with zero attached hydrogens (tertiary/aromatic N) is 2. The lowest BCUT2D eigenvalue weighted by atomic mass is 10.0. The molecule has 5 heteroatoms. The van der Waals surface area contributed by atoms with E-state index in [0.717, 1.165) is 37.3 Å². The predicted octanol–water partition coefficient (Wildman–Crippen LogP) is 1.44. The Labute approximate surface area is 124 Å². The Hall–Kier alpha value is -1.62. The van der Waals surface area contributed by atoms with Crippen LogP contribution < -0.4 is 10.6 Å². The number of thiocarbonyl (C=S) groups is 1. The van der Waals surface area contributed by atoms with Crippen molar-refractivity contribution >= 4 is 28.8 Å². The number of rotatable bonds is 2. The van der Waals surface area contributed by atoms with Crippen LogP contribution in [0.1, 0.15) is 24.0 Å². The third-order valence-electron chi connectivity index (χ3n) is 4.31. The summed E-state index contributed by atoms with van der Waals surface area (Å²) >= 11 is 5.18. The van der Waals surface area contributed by atoms with Crippen LogP contribution in [-0.2, 0) is 4.79 Å². The maximum Gasteiger partial charge on any atom is 0.223 e. The first-order valence-corrected chi connectivity index (χ1v) is 7.42. The van der Waals surface area contributed by atoms with Crippen LogP contribution in [0.4, 0.5) is 5.69 Å². The van der Waals surface area contributed by atoms with Gasteiger partial charge in [0.25, 0.3) is 0 Å². The Morgan fingerprint density at radius 2 is 2.20 bits per heavy atom. The number of benzene rings is 1. The van der Waals surface area contributed by atoms with Crippen molar-refractivity contribution in [3.8, 4) is 0 Å². The second kappa shape index (κ2) is 5.05. The van der Waals surface area contributed by atoms with Gasteiger partial charge in [-0.25, -0.2) is 0 Å². The molecule has 0 aromatic heterocycles. The fraction of sp³-hybridized carbons (Fsp3) is 0.467. The molecule has 0 spiro atoms. The van der Waals surface area contributed by atoms with Crippen LogP contribution in [0.25, 0.3) is 0 Å². The van der Waals surface area contributed by atoms with E-state index in [1.165, 1.54) is 5.56 Å². The highest BCUT2D eigenvalue weighted by molar-refractivity contribution is 7.80. The second-order valence-corrected chi connectivity index (χ2v) is 6.00. The molecule has 2 saturated heterocycles. The highest BCUT2D eigenvalue weighted by Gasteiger charge is 2.36. The van der Waals surface area contributed by atoms with Crippen molar-refractivity contribution in [2.45, 2.75) is 25.8 Å². The van der Waals surface area contributed by atoms with Gasteiger partial charge in [0.05, 0.1) is 5.69 Å². The van der Waals surface area contributed by atoms with Gasteiger partial charge in [0.1, 0.15) is 4.99 Å². The van der Waals surface area contributed by atoms with Gasteiger partial charge in [-0.1, -0.05) is 24.4 Å². The van der Waals surface area contributed by atoms with E-state index in [2.05, 4.69) is 17.9 Å². The maximum atomic E-state index is 11.8. The Morgan fingerprint density at radius 3 is 2.95 bits per heavy atom. The van der Waals surface area contributed by atoms with Crippen LogP contribution >= 0.6 is 12.2 Å². The van der Waals surface area contributed by atoms with E-state index in [1.54, 1.807) is 0 Å². The minimum Gasteiger partial charge on any atom is -0.389 e. The lowest BCUT2D eigenvalue weighted by Gasteiger charge is -2.40. The molecule has 0 bridgehead atoms. The van der Waals surface area contributed by atoms with Crippen molar-refractivity contribution in [2.75, 3.05) is 24.5 Å². The molecule has 106 valence electrons. The van der Waals surface area contributed by atoms with E-state index in [-0.39, 0.29) is 0 Å². The SMILES string of the molecule is Cc1cccc(C(N)=S)c1N1CCN2C(=O)CCC2C1. The summed E-state index contributed by atoms with van der Waals surface area (Å²) in [6.07, 6.45) is 1.65. The van der Waals surface area contributed by atoms with Crippen LogP contribution in [0.2, 0.25) is 0 Å². The number of nitrogens with two attached hydrogens (primary N) is 1. The van der Waals surface area contributed by atoms with Crippen LogP contribution in [0, 0.1) is 6.92 Å². The van der Waals surface area contributed by atoms with Gasteiger partial charge in [0, 0.05) is 37.7 Å². The van der Waals surface area contributed by atoms with Gasteiger partial charge >= 0.3 is 0 Å². The predicted molar refractivity (Wildman–Crippen MR) is 84.0 cm³/mol. The molecule has 1 amide bonds. The molecule has 0 aliphatic carbocycles. The summed E-state index contributed by atoms with van der Waals surface area (Å²) in [5, 5.41) is 0. The summed E-state index contributed by atoms with van der Waals surface area (Å²) in [6.45, 7) is 4.62. The number of piperazine rings is 1. The normalized spacial score (nSPS) is 22.1. The Morgan fingerprint density at radius 1 is 1.40 bits per heavy atom. The average molecular weight is 289 g/mol. The number of anilines is 1. The van der Waals surface area contributed by atoms with E-state index in [4.69, 9.17) is 18.0 Å². The molecular formula is C15H19N3OS. The largest absolute Gasteiger partial charge is 0.389 e. The molecule has 2 fully saturated rings. The number of aryl methyl sites for hydroxylation is 1. The molecule has 2 aliphatic rings. The van der Waals surface area contributed by atoms with Gasteiger partial charge < -0.3 is 15.5 Å². The van der Waals surface area contributed by atoms with E-state index < -0.39 is 0 Å². The Kier molecular flexibility index (Phi) is 3.38.